The van der Waals surface area contributed by atoms with Crippen molar-refractivity contribution in [1.29, 1.82) is 0 Å². The molecule has 0 saturated heterocycles. The molecule has 3 nitrogen and oxygen atoms in total. The van der Waals surface area contributed by atoms with Gasteiger partial charge in [0.25, 0.3) is 0 Å². The number of aliphatic carboxylic acids is 1. The SMILES string of the molecule is Cc1ccc(OCc2cccc(C=CC(=O)O)c2)cc1C. The van der Waals surface area contributed by atoms with Crippen LogP contribution in [0.4, 0.5) is 0 Å². The molecule has 0 spiro atoms. The zero-order chi connectivity index (χ0) is 15.2. The Balaban J connectivity index is 2.04. The van der Waals surface area contributed by atoms with Crippen LogP contribution in [0, 0.1) is 13.8 Å². The van der Waals surface area contributed by atoms with E-state index < -0.39 is 5.97 Å². The number of aryl methyl sites for hydroxylation is 2. The van der Waals surface area contributed by atoms with E-state index in [0.717, 1.165) is 23.0 Å². The maximum atomic E-state index is 10.5. The third kappa shape index (κ3) is 4.49. The molecular weight excluding hydrogens is 264 g/mol. The molecule has 0 fully saturated rings. The second kappa shape index (κ2) is 6.75. The van der Waals surface area contributed by atoms with Crippen LogP contribution in [0.2, 0.25) is 0 Å². The summed E-state index contributed by atoms with van der Waals surface area (Å²) in [6.07, 6.45) is 2.70. The Morgan fingerprint density at radius 2 is 1.95 bits per heavy atom. The number of hydrogen-bond acceptors (Lipinski definition) is 2. The predicted octanol–water partition coefficient (Wildman–Crippen LogP) is 3.98. The minimum Gasteiger partial charge on any atom is -0.489 e. The molecule has 2 aromatic rings. The van der Waals surface area contributed by atoms with Gasteiger partial charge in [-0.3, -0.25) is 0 Å². The number of carboxylic acid groups (broad SMARTS) is 1. The molecule has 0 atom stereocenters. The van der Waals surface area contributed by atoms with Crippen LogP contribution in [-0.4, -0.2) is 11.1 Å². The van der Waals surface area contributed by atoms with E-state index in [1.165, 1.54) is 11.1 Å². The first-order chi connectivity index (χ1) is 10.0. The van der Waals surface area contributed by atoms with Crippen LogP contribution in [0.25, 0.3) is 6.08 Å². The van der Waals surface area contributed by atoms with Crippen molar-refractivity contribution in [2.24, 2.45) is 0 Å². The van der Waals surface area contributed by atoms with Crippen molar-refractivity contribution in [2.75, 3.05) is 0 Å². The van der Waals surface area contributed by atoms with E-state index in [1.54, 1.807) is 6.08 Å². The average Bonchev–Trinajstić information content (AvgIpc) is 2.47. The molecule has 3 heteroatoms. The van der Waals surface area contributed by atoms with Crippen LogP contribution in [-0.2, 0) is 11.4 Å². The summed E-state index contributed by atoms with van der Waals surface area (Å²) in [7, 11) is 0. The number of ether oxygens (including phenoxy) is 1. The maximum Gasteiger partial charge on any atom is 0.328 e. The van der Waals surface area contributed by atoms with Gasteiger partial charge in [0.15, 0.2) is 0 Å². The van der Waals surface area contributed by atoms with Gasteiger partial charge in [-0.25, -0.2) is 4.79 Å². The van der Waals surface area contributed by atoms with Gasteiger partial charge < -0.3 is 9.84 Å². The summed E-state index contributed by atoms with van der Waals surface area (Å²) in [5.74, 6) is -0.114. The van der Waals surface area contributed by atoms with E-state index in [2.05, 4.69) is 13.8 Å². The van der Waals surface area contributed by atoms with Crippen molar-refractivity contribution < 1.29 is 14.6 Å². The van der Waals surface area contributed by atoms with Gasteiger partial charge in [0.1, 0.15) is 12.4 Å². The lowest BCUT2D eigenvalue weighted by Crippen LogP contribution is -1.96. The Hall–Kier alpha value is -2.55. The van der Waals surface area contributed by atoms with Crippen molar-refractivity contribution >= 4 is 12.0 Å². The summed E-state index contributed by atoms with van der Waals surface area (Å²) >= 11 is 0. The Labute approximate surface area is 124 Å². The fourth-order valence-corrected chi connectivity index (χ4v) is 1.92. The number of carbonyl (C=O) groups is 1. The maximum absolute atomic E-state index is 10.5. The van der Waals surface area contributed by atoms with Crippen molar-refractivity contribution in [3.05, 3.63) is 70.8 Å². The van der Waals surface area contributed by atoms with E-state index in [0.29, 0.717) is 6.61 Å². The van der Waals surface area contributed by atoms with Gasteiger partial charge in [0.2, 0.25) is 0 Å². The quantitative estimate of drug-likeness (QED) is 0.844. The first kappa shape index (κ1) is 14.9. The van der Waals surface area contributed by atoms with Gasteiger partial charge in [0.05, 0.1) is 0 Å². The molecule has 0 heterocycles. The van der Waals surface area contributed by atoms with Crippen LogP contribution < -0.4 is 4.74 Å². The zero-order valence-electron chi connectivity index (χ0n) is 12.2. The van der Waals surface area contributed by atoms with Gasteiger partial charge in [-0.2, -0.15) is 0 Å². The van der Waals surface area contributed by atoms with Gasteiger partial charge >= 0.3 is 5.97 Å². The lowest BCUT2D eigenvalue weighted by atomic mass is 10.1. The Bertz CT molecular complexity index is 672. The molecule has 0 radical (unpaired) electrons. The van der Waals surface area contributed by atoms with Gasteiger partial charge in [-0.1, -0.05) is 24.3 Å². The smallest absolute Gasteiger partial charge is 0.328 e. The average molecular weight is 282 g/mol. The van der Waals surface area contributed by atoms with Crippen molar-refractivity contribution in [3.63, 3.8) is 0 Å². The van der Waals surface area contributed by atoms with Crippen molar-refractivity contribution in [3.8, 4) is 5.75 Å². The molecular formula is C18H18O3. The summed E-state index contributed by atoms with van der Waals surface area (Å²) < 4.78 is 5.77. The van der Waals surface area contributed by atoms with Gasteiger partial charge in [-0.15, -0.1) is 0 Å². The van der Waals surface area contributed by atoms with Crippen LogP contribution in [0.3, 0.4) is 0 Å². The zero-order valence-corrected chi connectivity index (χ0v) is 12.2. The van der Waals surface area contributed by atoms with E-state index in [1.807, 2.05) is 42.5 Å². The Morgan fingerprint density at radius 3 is 2.67 bits per heavy atom. The number of benzene rings is 2. The Morgan fingerprint density at radius 1 is 1.14 bits per heavy atom. The molecule has 0 aliphatic heterocycles. The van der Waals surface area contributed by atoms with E-state index >= 15 is 0 Å². The number of carboxylic acids is 1. The minimum absolute atomic E-state index is 0.456. The summed E-state index contributed by atoms with van der Waals surface area (Å²) in [6, 6.07) is 13.6. The van der Waals surface area contributed by atoms with Crippen LogP contribution in [0.15, 0.2) is 48.5 Å². The molecule has 1 N–H and O–H groups in total. The van der Waals surface area contributed by atoms with E-state index in [9.17, 15) is 4.79 Å². The summed E-state index contributed by atoms with van der Waals surface area (Å²) in [6.45, 7) is 4.58. The number of hydrogen-bond donors (Lipinski definition) is 1. The highest BCUT2D eigenvalue weighted by atomic mass is 16.5. The molecule has 0 aromatic heterocycles. The van der Waals surface area contributed by atoms with Gasteiger partial charge in [-0.05, 0) is 60.4 Å². The molecule has 2 rings (SSSR count). The third-order valence-corrected chi connectivity index (χ3v) is 3.25. The highest BCUT2D eigenvalue weighted by molar-refractivity contribution is 5.85. The molecule has 0 aliphatic rings. The standard InChI is InChI=1S/C18H18O3/c1-13-6-8-17(10-14(13)2)21-12-16-5-3-4-15(11-16)7-9-18(19)20/h3-11H,12H2,1-2H3,(H,19,20). The molecule has 0 amide bonds. The molecule has 0 aliphatic carbocycles. The molecule has 2 aromatic carbocycles. The fraction of sp³-hybridized carbons (Fsp3) is 0.167. The summed E-state index contributed by atoms with van der Waals surface area (Å²) in [4.78, 5) is 10.5. The first-order valence-corrected chi connectivity index (χ1v) is 6.74. The largest absolute Gasteiger partial charge is 0.489 e. The monoisotopic (exact) mass is 282 g/mol. The first-order valence-electron chi connectivity index (χ1n) is 6.74. The van der Waals surface area contributed by atoms with Crippen molar-refractivity contribution in [1.82, 2.24) is 0 Å². The van der Waals surface area contributed by atoms with E-state index in [4.69, 9.17) is 9.84 Å². The summed E-state index contributed by atoms with van der Waals surface area (Å²) in [5, 5.41) is 8.63. The molecule has 0 unspecified atom stereocenters. The van der Waals surface area contributed by atoms with E-state index in [-0.39, 0.29) is 0 Å². The Kier molecular flexibility index (Phi) is 4.77. The predicted molar refractivity (Wildman–Crippen MR) is 83.4 cm³/mol. The minimum atomic E-state index is -0.952. The molecule has 0 saturated carbocycles. The number of rotatable bonds is 5. The topological polar surface area (TPSA) is 46.5 Å². The highest BCUT2D eigenvalue weighted by Crippen LogP contribution is 2.18. The molecule has 21 heavy (non-hydrogen) atoms. The normalized spacial score (nSPS) is 10.8. The van der Waals surface area contributed by atoms with Crippen LogP contribution >= 0.6 is 0 Å². The third-order valence-electron chi connectivity index (χ3n) is 3.25. The van der Waals surface area contributed by atoms with Gasteiger partial charge in [0, 0.05) is 6.08 Å². The highest BCUT2D eigenvalue weighted by Gasteiger charge is 1.99. The molecule has 108 valence electrons. The van der Waals surface area contributed by atoms with Crippen LogP contribution in [0.1, 0.15) is 22.3 Å². The second-order valence-electron chi connectivity index (χ2n) is 4.95. The van der Waals surface area contributed by atoms with Crippen LogP contribution in [0.5, 0.6) is 5.75 Å². The van der Waals surface area contributed by atoms with Crippen molar-refractivity contribution in [2.45, 2.75) is 20.5 Å². The second-order valence-corrected chi connectivity index (χ2v) is 4.95. The molecule has 0 bridgehead atoms. The lowest BCUT2D eigenvalue weighted by Gasteiger charge is -2.09. The fourth-order valence-electron chi connectivity index (χ4n) is 1.92. The lowest BCUT2D eigenvalue weighted by molar-refractivity contribution is -0.131. The summed E-state index contributed by atoms with van der Waals surface area (Å²) in [5.41, 5.74) is 4.29.